The normalized spacial score (nSPS) is 22.6. The standard InChI is InChI=1S/C13H14N2O/c14-13(5-6-13)9-3-4-10-11(7-9)16-15-12(10)8-1-2-8/h3-4,7-8H,1-2,5-6,14H2. The summed E-state index contributed by atoms with van der Waals surface area (Å²) in [5.74, 6) is 0.639. The quantitative estimate of drug-likeness (QED) is 0.836. The molecule has 0 unspecified atom stereocenters. The Labute approximate surface area is 93.6 Å². The predicted octanol–water partition coefficient (Wildman–Crippen LogP) is 2.65. The lowest BCUT2D eigenvalue weighted by Gasteiger charge is -2.07. The van der Waals surface area contributed by atoms with Gasteiger partial charge in [-0.2, -0.15) is 0 Å². The zero-order valence-electron chi connectivity index (χ0n) is 9.07. The fourth-order valence-electron chi connectivity index (χ4n) is 2.34. The molecule has 82 valence electrons. The van der Waals surface area contributed by atoms with Gasteiger partial charge in [0, 0.05) is 16.8 Å². The summed E-state index contributed by atoms with van der Waals surface area (Å²) in [6, 6.07) is 6.33. The molecule has 0 saturated heterocycles. The molecule has 0 aliphatic heterocycles. The van der Waals surface area contributed by atoms with Gasteiger partial charge in [-0.05, 0) is 43.4 Å². The molecule has 2 aliphatic rings. The molecule has 0 atom stereocenters. The molecule has 2 fully saturated rings. The van der Waals surface area contributed by atoms with Crippen LogP contribution in [-0.2, 0) is 5.54 Å². The van der Waals surface area contributed by atoms with Crippen LogP contribution in [0.1, 0.15) is 42.9 Å². The largest absolute Gasteiger partial charge is 0.356 e. The van der Waals surface area contributed by atoms with Gasteiger partial charge in [0.1, 0.15) is 0 Å². The summed E-state index contributed by atoms with van der Waals surface area (Å²) >= 11 is 0. The molecule has 2 aliphatic carbocycles. The molecule has 1 aromatic heterocycles. The van der Waals surface area contributed by atoms with Crippen LogP contribution in [0.5, 0.6) is 0 Å². The highest BCUT2D eigenvalue weighted by Gasteiger charge is 2.40. The number of hydrogen-bond donors (Lipinski definition) is 1. The molecule has 3 heteroatoms. The van der Waals surface area contributed by atoms with Crippen LogP contribution in [0.4, 0.5) is 0 Å². The Hall–Kier alpha value is -1.35. The van der Waals surface area contributed by atoms with Gasteiger partial charge in [-0.15, -0.1) is 0 Å². The summed E-state index contributed by atoms with van der Waals surface area (Å²) in [6.45, 7) is 0. The maximum atomic E-state index is 6.18. The molecule has 2 N–H and O–H groups in total. The van der Waals surface area contributed by atoms with Crippen molar-refractivity contribution in [3.63, 3.8) is 0 Å². The van der Waals surface area contributed by atoms with E-state index in [1.54, 1.807) is 0 Å². The second kappa shape index (κ2) is 2.66. The van der Waals surface area contributed by atoms with Gasteiger partial charge in [-0.3, -0.25) is 0 Å². The van der Waals surface area contributed by atoms with Crippen molar-refractivity contribution in [2.75, 3.05) is 0 Å². The summed E-state index contributed by atoms with van der Waals surface area (Å²) in [5.41, 5.74) is 9.33. The third-order valence-corrected chi connectivity index (χ3v) is 3.83. The van der Waals surface area contributed by atoms with Crippen LogP contribution >= 0.6 is 0 Å². The van der Waals surface area contributed by atoms with Gasteiger partial charge in [0.25, 0.3) is 0 Å². The Bertz CT molecular complexity index is 564. The van der Waals surface area contributed by atoms with Gasteiger partial charge in [0.15, 0.2) is 5.58 Å². The van der Waals surface area contributed by atoms with Crippen molar-refractivity contribution in [1.82, 2.24) is 5.16 Å². The van der Waals surface area contributed by atoms with E-state index in [2.05, 4.69) is 23.4 Å². The van der Waals surface area contributed by atoms with Gasteiger partial charge in [0.05, 0.1) is 5.69 Å². The van der Waals surface area contributed by atoms with E-state index < -0.39 is 0 Å². The SMILES string of the molecule is NC1(c2ccc3c(C4CC4)noc3c2)CC1. The lowest BCUT2D eigenvalue weighted by molar-refractivity contribution is 0.446. The minimum absolute atomic E-state index is 0.0826. The topological polar surface area (TPSA) is 52.0 Å². The van der Waals surface area contributed by atoms with Gasteiger partial charge < -0.3 is 10.3 Å². The van der Waals surface area contributed by atoms with E-state index in [0.29, 0.717) is 5.92 Å². The Balaban J connectivity index is 1.87. The van der Waals surface area contributed by atoms with Gasteiger partial charge >= 0.3 is 0 Å². The highest BCUT2D eigenvalue weighted by molar-refractivity contribution is 5.81. The maximum Gasteiger partial charge on any atom is 0.167 e. The van der Waals surface area contributed by atoms with E-state index in [1.807, 2.05) is 0 Å². The summed E-state index contributed by atoms with van der Waals surface area (Å²) in [5, 5.41) is 5.36. The first-order valence-corrected chi connectivity index (χ1v) is 5.95. The molecular formula is C13H14N2O. The fraction of sp³-hybridized carbons (Fsp3) is 0.462. The van der Waals surface area contributed by atoms with E-state index in [1.165, 1.54) is 23.8 Å². The predicted molar refractivity (Wildman–Crippen MR) is 61.1 cm³/mol. The third kappa shape index (κ3) is 1.15. The number of nitrogens with two attached hydrogens (primary N) is 1. The van der Waals surface area contributed by atoms with Crippen LogP contribution < -0.4 is 5.73 Å². The number of fused-ring (bicyclic) bond motifs is 1. The second-order valence-electron chi connectivity index (χ2n) is 5.21. The summed E-state index contributed by atoms with van der Waals surface area (Å²) in [4.78, 5) is 0. The number of rotatable bonds is 2. The average Bonchev–Trinajstić information content (AvgIpc) is 3.21. The molecular weight excluding hydrogens is 200 g/mol. The van der Waals surface area contributed by atoms with Crippen molar-refractivity contribution in [2.24, 2.45) is 5.73 Å². The van der Waals surface area contributed by atoms with Crippen LogP contribution in [0.25, 0.3) is 11.0 Å². The molecule has 1 aromatic carbocycles. The molecule has 16 heavy (non-hydrogen) atoms. The highest BCUT2D eigenvalue weighted by Crippen LogP contribution is 2.45. The zero-order chi connectivity index (χ0) is 10.8. The van der Waals surface area contributed by atoms with E-state index in [4.69, 9.17) is 10.3 Å². The zero-order valence-corrected chi connectivity index (χ0v) is 9.07. The summed E-state index contributed by atoms with van der Waals surface area (Å²) < 4.78 is 5.41. The van der Waals surface area contributed by atoms with Gasteiger partial charge in [-0.1, -0.05) is 11.2 Å². The van der Waals surface area contributed by atoms with E-state index in [9.17, 15) is 0 Å². The summed E-state index contributed by atoms with van der Waals surface area (Å²) in [7, 11) is 0. The Morgan fingerprint density at radius 1 is 1.31 bits per heavy atom. The van der Waals surface area contributed by atoms with Crippen molar-refractivity contribution in [2.45, 2.75) is 37.1 Å². The molecule has 0 bridgehead atoms. The van der Waals surface area contributed by atoms with E-state index in [-0.39, 0.29) is 5.54 Å². The van der Waals surface area contributed by atoms with E-state index in [0.717, 1.165) is 24.1 Å². The van der Waals surface area contributed by atoms with Crippen LogP contribution in [0, 0.1) is 0 Å². The molecule has 2 saturated carbocycles. The first-order valence-electron chi connectivity index (χ1n) is 5.95. The molecule has 0 radical (unpaired) electrons. The minimum Gasteiger partial charge on any atom is -0.356 e. The van der Waals surface area contributed by atoms with Crippen molar-refractivity contribution in [3.05, 3.63) is 29.5 Å². The Kier molecular flexibility index (Phi) is 1.46. The van der Waals surface area contributed by atoms with Crippen molar-refractivity contribution in [1.29, 1.82) is 0 Å². The number of benzene rings is 1. The van der Waals surface area contributed by atoms with Crippen molar-refractivity contribution in [3.8, 4) is 0 Å². The number of hydrogen-bond acceptors (Lipinski definition) is 3. The van der Waals surface area contributed by atoms with E-state index >= 15 is 0 Å². The Morgan fingerprint density at radius 2 is 2.12 bits per heavy atom. The van der Waals surface area contributed by atoms with Crippen LogP contribution in [0.15, 0.2) is 22.7 Å². The Morgan fingerprint density at radius 3 is 2.81 bits per heavy atom. The van der Waals surface area contributed by atoms with Crippen molar-refractivity contribution < 1.29 is 4.52 Å². The highest BCUT2D eigenvalue weighted by atomic mass is 16.5. The van der Waals surface area contributed by atoms with Crippen molar-refractivity contribution >= 4 is 11.0 Å². The first-order chi connectivity index (χ1) is 7.76. The monoisotopic (exact) mass is 214 g/mol. The first kappa shape index (κ1) is 8.76. The summed E-state index contributed by atoms with van der Waals surface area (Å²) in [6.07, 6.45) is 4.68. The second-order valence-corrected chi connectivity index (χ2v) is 5.21. The maximum absolute atomic E-state index is 6.18. The van der Waals surface area contributed by atoms with Crippen LogP contribution in [-0.4, -0.2) is 5.16 Å². The van der Waals surface area contributed by atoms with Crippen LogP contribution in [0.2, 0.25) is 0 Å². The smallest absolute Gasteiger partial charge is 0.167 e. The van der Waals surface area contributed by atoms with Gasteiger partial charge in [0.2, 0.25) is 0 Å². The minimum atomic E-state index is -0.0826. The lowest BCUT2D eigenvalue weighted by atomic mass is 10.0. The molecule has 0 amide bonds. The molecule has 3 nitrogen and oxygen atoms in total. The lowest BCUT2D eigenvalue weighted by Crippen LogP contribution is -2.18. The third-order valence-electron chi connectivity index (χ3n) is 3.83. The fourth-order valence-corrected chi connectivity index (χ4v) is 2.34. The number of aromatic nitrogens is 1. The molecule has 0 spiro atoms. The molecule has 2 aromatic rings. The van der Waals surface area contributed by atoms with Gasteiger partial charge in [-0.25, -0.2) is 0 Å². The molecule has 1 heterocycles. The number of nitrogens with zero attached hydrogens (tertiary/aromatic N) is 1. The molecule has 4 rings (SSSR count). The average molecular weight is 214 g/mol. The van der Waals surface area contributed by atoms with Crippen LogP contribution in [0.3, 0.4) is 0 Å².